The third-order valence-corrected chi connectivity index (χ3v) is 14.6. The maximum absolute atomic E-state index is 12.9. The van der Waals surface area contributed by atoms with Crippen molar-refractivity contribution in [1.82, 2.24) is 0 Å². The Bertz CT molecular complexity index is 1090. The van der Waals surface area contributed by atoms with E-state index in [0.717, 1.165) is 75.5 Å². The van der Waals surface area contributed by atoms with Gasteiger partial charge in [-0.05, 0) is 37.0 Å². The number of hydrogen-bond donors (Lipinski definition) is 0. The maximum Gasteiger partial charge on any atom is 0.306 e. The topological polar surface area (TPSA) is 78.9 Å². The van der Waals surface area contributed by atoms with Crippen LogP contribution in [0.5, 0.6) is 0 Å². The molecule has 0 aliphatic carbocycles. The van der Waals surface area contributed by atoms with Crippen molar-refractivity contribution in [2.24, 2.45) is 17.8 Å². The smallest absolute Gasteiger partial charge is 0.306 e. The van der Waals surface area contributed by atoms with Crippen LogP contribution in [0.1, 0.15) is 356 Å². The van der Waals surface area contributed by atoms with Crippen molar-refractivity contribution < 1.29 is 28.6 Å². The molecule has 70 heavy (non-hydrogen) atoms. The molecule has 416 valence electrons. The number of hydrogen-bond acceptors (Lipinski definition) is 6. The Morgan fingerprint density at radius 1 is 0.243 bits per heavy atom. The lowest BCUT2D eigenvalue weighted by Gasteiger charge is -2.18. The van der Waals surface area contributed by atoms with Gasteiger partial charge in [-0.1, -0.05) is 318 Å². The predicted octanol–water partition coefficient (Wildman–Crippen LogP) is 21.1. The molecule has 0 aromatic rings. The molecule has 0 saturated carbocycles. The van der Waals surface area contributed by atoms with E-state index in [2.05, 4.69) is 41.5 Å². The van der Waals surface area contributed by atoms with Gasteiger partial charge in [-0.2, -0.15) is 0 Å². The molecule has 0 fully saturated rings. The molecule has 1 atom stereocenters. The fourth-order valence-corrected chi connectivity index (χ4v) is 9.88. The van der Waals surface area contributed by atoms with Gasteiger partial charge >= 0.3 is 17.9 Å². The Balaban J connectivity index is 4.25. The molecule has 6 nitrogen and oxygen atoms in total. The average molecular weight is 990 g/mol. The van der Waals surface area contributed by atoms with Gasteiger partial charge in [-0.25, -0.2) is 0 Å². The van der Waals surface area contributed by atoms with Crippen LogP contribution >= 0.6 is 0 Å². The van der Waals surface area contributed by atoms with Gasteiger partial charge < -0.3 is 14.2 Å². The summed E-state index contributed by atoms with van der Waals surface area (Å²) >= 11 is 0. The van der Waals surface area contributed by atoms with Gasteiger partial charge in [0.15, 0.2) is 6.10 Å². The molecule has 6 heteroatoms. The summed E-state index contributed by atoms with van der Waals surface area (Å²) in [5.74, 6) is 1.69. The van der Waals surface area contributed by atoms with E-state index in [1.54, 1.807) is 0 Å². The third-order valence-electron chi connectivity index (χ3n) is 14.6. The van der Waals surface area contributed by atoms with Crippen LogP contribution in [0.25, 0.3) is 0 Å². The Kier molecular flexibility index (Phi) is 53.9. The standard InChI is InChI=1S/C64H124O6/c1-58(2)50-44-38-32-26-20-15-11-9-7-8-10-12-17-23-29-35-41-47-53-62(65)68-56-61(70-64(67)55-49-43-37-31-25-19-22-28-34-40-46-52-60(5)6)57-69-63(66)54-48-42-36-30-24-18-14-13-16-21-27-33-39-45-51-59(3)4/h58-61H,7-57H2,1-6H3/t61-/m1/s1. The van der Waals surface area contributed by atoms with Crippen molar-refractivity contribution in [3.63, 3.8) is 0 Å². The first-order chi connectivity index (χ1) is 34.1. The Morgan fingerprint density at radius 2 is 0.414 bits per heavy atom. The number of ether oxygens (including phenoxy) is 3. The average Bonchev–Trinajstić information content (AvgIpc) is 3.32. The molecule has 0 aromatic carbocycles. The Morgan fingerprint density at radius 3 is 0.614 bits per heavy atom. The minimum atomic E-state index is -0.764. The van der Waals surface area contributed by atoms with Crippen molar-refractivity contribution in [2.75, 3.05) is 13.2 Å². The second-order valence-electron chi connectivity index (χ2n) is 23.5. The van der Waals surface area contributed by atoms with Gasteiger partial charge in [0.1, 0.15) is 13.2 Å². The lowest BCUT2D eigenvalue weighted by Crippen LogP contribution is -2.30. The summed E-state index contributed by atoms with van der Waals surface area (Å²) in [5, 5.41) is 0. The van der Waals surface area contributed by atoms with Gasteiger partial charge in [0.25, 0.3) is 0 Å². The number of rotatable bonds is 57. The zero-order valence-electron chi connectivity index (χ0n) is 48.3. The van der Waals surface area contributed by atoms with Crippen molar-refractivity contribution in [3.8, 4) is 0 Å². The minimum Gasteiger partial charge on any atom is -0.462 e. The normalized spacial score (nSPS) is 12.1. The molecule has 0 aliphatic heterocycles. The van der Waals surface area contributed by atoms with Crippen LogP contribution in [0.3, 0.4) is 0 Å². The zero-order valence-corrected chi connectivity index (χ0v) is 48.3. The molecule has 0 aliphatic rings. The SMILES string of the molecule is CC(C)CCCCCCCCCCCCCCCCCCCCC(=O)OC[C@H](COC(=O)CCCCCCCCCCCCCCCCC(C)C)OC(=O)CCCCCCCCCCCCCC(C)C. The zero-order chi connectivity index (χ0) is 51.2. The first kappa shape index (κ1) is 68.4. The molecule has 0 radical (unpaired) electrons. The quantitative estimate of drug-likeness (QED) is 0.0343. The van der Waals surface area contributed by atoms with Gasteiger partial charge in [0.2, 0.25) is 0 Å². The second-order valence-corrected chi connectivity index (χ2v) is 23.5. The van der Waals surface area contributed by atoms with Gasteiger partial charge in [-0.15, -0.1) is 0 Å². The highest BCUT2D eigenvalue weighted by Gasteiger charge is 2.19. The van der Waals surface area contributed by atoms with E-state index in [4.69, 9.17) is 14.2 Å². The monoisotopic (exact) mass is 989 g/mol. The first-order valence-electron chi connectivity index (χ1n) is 31.6. The first-order valence-corrected chi connectivity index (χ1v) is 31.6. The molecule has 0 spiro atoms. The molecule has 0 unspecified atom stereocenters. The van der Waals surface area contributed by atoms with E-state index in [0.29, 0.717) is 19.3 Å². The van der Waals surface area contributed by atoms with E-state index in [1.807, 2.05) is 0 Å². The highest BCUT2D eigenvalue weighted by molar-refractivity contribution is 5.71. The lowest BCUT2D eigenvalue weighted by atomic mass is 10.0. The number of carbonyl (C=O) groups excluding carboxylic acids is 3. The summed E-state index contributed by atoms with van der Waals surface area (Å²) in [7, 11) is 0. The highest BCUT2D eigenvalue weighted by Crippen LogP contribution is 2.19. The molecule has 0 heterocycles. The van der Waals surface area contributed by atoms with Crippen LogP contribution in [-0.2, 0) is 28.6 Å². The fraction of sp³-hybridized carbons (Fsp3) is 0.953. The van der Waals surface area contributed by atoms with Crippen molar-refractivity contribution >= 4 is 17.9 Å². The Hall–Kier alpha value is -1.59. The van der Waals surface area contributed by atoms with Crippen molar-refractivity contribution in [2.45, 2.75) is 362 Å². The van der Waals surface area contributed by atoms with Crippen LogP contribution in [0, 0.1) is 17.8 Å². The highest BCUT2D eigenvalue weighted by atomic mass is 16.6. The van der Waals surface area contributed by atoms with Crippen molar-refractivity contribution in [1.29, 1.82) is 0 Å². The largest absolute Gasteiger partial charge is 0.462 e. The van der Waals surface area contributed by atoms with Gasteiger partial charge in [0, 0.05) is 19.3 Å². The Labute approximate surface area is 438 Å². The third kappa shape index (κ3) is 57.3. The molecule has 0 saturated heterocycles. The van der Waals surface area contributed by atoms with Gasteiger partial charge in [0.05, 0.1) is 0 Å². The van der Waals surface area contributed by atoms with E-state index in [9.17, 15) is 14.4 Å². The molecule has 0 aromatic heterocycles. The van der Waals surface area contributed by atoms with E-state index in [-0.39, 0.29) is 31.1 Å². The maximum atomic E-state index is 12.9. The van der Waals surface area contributed by atoms with E-state index in [1.165, 1.54) is 238 Å². The summed E-state index contributed by atoms with van der Waals surface area (Å²) in [5.41, 5.74) is 0. The second kappa shape index (κ2) is 55.2. The van der Waals surface area contributed by atoms with E-state index >= 15 is 0 Å². The summed E-state index contributed by atoms with van der Waals surface area (Å²) < 4.78 is 16.9. The lowest BCUT2D eigenvalue weighted by molar-refractivity contribution is -0.167. The molecular formula is C64H124O6. The van der Waals surface area contributed by atoms with Crippen LogP contribution in [-0.4, -0.2) is 37.2 Å². The summed E-state index contributed by atoms with van der Waals surface area (Å²) in [6.07, 6.45) is 59.6. The molecule has 0 bridgehead atoms. The minimum absolute atomic E-state index is 0.0628. The summed E-state index contributed by atoms with van der Waals surface area (Å²) in [6.45, 7) is 13.8. The number of unbranched alkanes of at least 4 members (excludes halogenated alkanes) is 40. The van der Waals surface area contributed by atoms with E-state index < -0.39 is 6.10 Å². The van der Waals surface area contributed by atoms with Crippen molar-refractivity contribution in [3.05, 3.63) is 0 Å². The summed E-state index contributed by atoms with van der Waals surface area (Å²) in [6, 6.07) is 0. The number of carbonyl (C=O) groups is 3. The fourth-order valence-electron chi connectivity index (χ4n) is 9.88. The molecule has 0 N–H and O–H groups in total. The van der Waals surface area contributed by atoms with Crippen LogP contribution in [0.2, 0.25) is 0 Å². The number of esters is 3. The predicted molar refractivity (Wildman–Crippen MR) is 303 cm³/mol. The molecule has 0 rings (SSSR count). The molecule has 0 amide bonds. The molecular weight excluding hydrogens is 865 g/mol. The van der Waals surface area contributed by atoms with Crippen LogP contribution in [0.15, 0.2) is 0 Å². The van der Waals surface area contributed by atoms with Gasteiger partial charge in [-0.3, -0.25) is 14.4 Å². The summed E-state index contributed by atoms with van der Waals surface area (Å²) in [4.78, 5) is 38.3. The van der Waals surface area contributed by atoms with Crippen LogP contribution in [0.4, 0.5) is 0 Å². The van der Waals surface area contributed by atoms with Crippen LogP contribution < -0.4 is 0 Å².